The highest BCUT2D eigenvalue weighted by molar-refractivity contribution is 5.69. The van der Waals surface area contributed by atoms with Crippen LogP contribution in [0.15, 0.2) is 0 Å². The first-order valence-electron chi connectivity index (χ1n) is 9.94. The van der Waals surface area contributed by atoms with Crippen LogP contribution >= 0.6 is 0 Å². The molecule has 0 rings (SSSR count). The molecule has 2 unspecified atom stereocenters. The Morgan fingerprint density at radius 1 is 0.913 bits per heavy atom. The molecule has 0 bridgehead atoms. The fourth-order valence-corrected chi connectivity index (χ4v) is 2.77. The lowest BCUT2D eigenvalue weighted by Gasteiger charge is -2.16. The van der Waals surface area contributed by atoms with Gasteiger partial charge in [-0.25, -0.2) is 0 Å². The van der Waals surface area contributed by atoms with E-state index in [9.17, 15) is 4.79 Å². The average molecular weight is 329 g/mol. The van der Waals surface area contributed by atoms with Gasteiger partial charge < -0.3 is 9.84 Å². The number of rotatable bonds is 16. The van der Waals surface area contributed by atoms with E-state index in [4.69, 9.17) is 9.84 Å². The summed E-state index contributed by atoms with van der Waals surface area (Å²) in [5.41, 5.74) is 0. The van der Waals surface area contributed by atoms with Crippen LogP contribution < -0.4 is 0 Å². The maximum absolute atomic E-state index is 11.9. The third-order valence-corrected chi connectivity index (χ3v) is 4.52. The topological polar surface area (TPSA) is 46.5 Å². The van der Waals surface area contributed by atoms with Crippen molar-refractivity contribution in [2.24, 2.45) is 5.92 Å². The molecule has 0 radical (unpaired) electrons. The Balaban J connectivity index is 3.59. The summed E-state index contributed by atoms with van der Waals surface area (Å²) in [6, 6.07) is 0. The van der Waals surface area contributed by atoms with E-state index in [1.807, 2.05) is 0 Å². The fourth-order valence-electron chi connectivity index (χ4n) is 2.77. The summed E-state index contributed by atoms with van der Waals surface area (Å²) in [5, 5.41) is 8.96. The Hall–Kier alpha value is -0.570. The van der Waals surface area contributed by atoms with E-state index in [0.29, 0.717) is 12.3 Å². The molecule has 2 atom stereocenters. The second-order valence-electron chi connectivity index (χ2n) is 6.96. The lowest BCUT2D eigenvalue weighted by atomic mass is 10.0. The van der Waals surface area contributed by atoms with E-state index in [0.717, 1.165) is 38.5 Å². The van der Waals surface area contributed by atoms with Crippen molar-refractivity contribution in [2.75, 3.05) is 6.61 Å². The van der Waals surface area contributed by atoms with Crippen LogP contribution in [0.1, 0.15) is 104 Å². The summed E-state index contributed by atoms with van der Waals surface area (Å²) < 4.78 is 5.60. The van der Waals surface area contributed by atoms with Gasteiger partial charge in [-0.2, -0.15) is 0 Å². The molecule has 1 N–H and O–H groups in total. The summed E-state index contributed by atoms with van der Waals surface area (Å²) in [6.07, 6.45) is 14.4. The van der Waals surface area contributed by atoms with E-state index >= 15 is 0 Å². The first-order valence-corrected chi connectivity index (χ1v) is 9.94. The maximum atomic E-state index is 11.9. The molecular weight excluding hydrogens is 288 g/mol. The number of aliphatic hydroxyl groups excluding tert-OH is 1. The summed E-state index contributed by atoms with van der Waals surface area (Å²) in [5.74, 6) is 0.349. The Morgan fingerprint density at radius 3 is 2.17 bits per heavy atom. The zero-order chi connectivity index (χ0) is 17.3. The largest absolute Gasteiger partial charge is 0.462 e. The van der Waals surface area contributed by atoms with Gasteiger partial charge in [-0.05, 0) is 38.0 Å². The third kappa shape index (κ3) is 14.7. The molecule has 3 nitrogen and oxygen atoms in total. The second-order valence-corrected chi connectivity index (χ2v) is 6.96. The highest BCUT2D eigenvalue weighted by Crippen LogP contribution is 2.15. The average Bonchev–Trinajstić information content (AvgIpc) is 2.56. The first kappa shape index (κ1) is 22.4. The van der Waals surface area contributed by atoms with Gasteiger partial charge >= 0.3 is 5.97 Å². The van der Waals surface area contributed by atoms with Crippen molar-refractivity contribution < 1.29 is 14.6 Å². The molecular formula is C20H40O3. The number of carbonyl (C=O) groups is 1. The lowest BCUT2D eigenvalue weighted by Crippen LogP contribution is -2.17. The van der Waals surface area contributed by atoms with Crippen molar-refractivity contribution in [3.05, 3.63) is 0 Å². The minimum absolute atomic E-state index is 0.0296. The molecule has 0 heterocycles. The second kappa shape index (κ2) is 16.3. The predicted molar refractivity (Wildman–Crippen MR) is 97.5 cm³/mol. The smallest absolute Gasteiger partial charge is 0.306 e. The minimum Gasteiger partial charge on any atom is -0.462 e. The van der Waals surface area contributed by atoms with Crippen LogP contribution in [-0.2, 0) is 9.53 Å². The van der Waals surface area contributed by atoms with Crippen LogP contribution in [0.25, 0.3) is 0 Å². The molecule has 0 aliphatic rings. The SMILES string of the molecule is CCCCCCCCC(CC)OC(=O)CCCCCC(C)CO. The van der Waals surface area contributed by atoms with Crippen LogP contribution in [0.3, 0.4) is 0 Å². The first-order chi connectivity index (χ1) is 11.1. The van der Waals surface area contributed by atoms with Crippen molar-refractivity contribution >= 4 is 5.97 Å². The monoisotopic (exact) mass is 328 g/mol. The zero-order valence-corrected chi connectivity index (χ0v) is 15.8. The Kier molecular flexibility index (Phi) is 15.9. The molecule has 0 amide bonds. The fraction of sp³-hybridized carbons (Fsp3) is 0.950. The summed E-state index contributed by atoms with van der Waals surface area (Å²) in [6.45, 7) is 6.66. The molecule has 0 fully saturated rings. The van der Waals surface area contributed by atoms with Crippen LogP contribution in [-0.4, -0.2) is 23.8 Å². The molecule has 0 saturated carbocycles. The number of esters is 1. The van der Waals surface area contributed by atoms with Crippen molar-refractivity contribution in [1.82, 2.24) is 0 Å². The number of hydrogen-bond acceptors (Lipinski definition) is 3. The number of ether oxygens (including phenoxy) is 1. The third-order valence-electron chi connectivity index (χ3n) is 4.52. The number of hydrogen-bond donors (Lipinski definition) is 1. The number of aliphatic hydroxyl groups is 1. The Labute approximate surface area is 144 Å². The molecule has 0 aliphatic heterocycles. The summed E-state index contributed by atoms with van der Waals surface area (Å²) in [7, 11) is 0. The Morgan fingerprint density at radius 2 is 1.52 bits per heavy atom. The van der Waals surface area contributed by atoms with Crippen molar-refractivity contribution in [2.45, 2.75) is 110 Å². The van der Waals surface area contributed by atoms with Crippen molar-refractivity contribution in [1.29, 1.82) is 0 Å². The maximum Gasteiger partial charge on any atom is 0.306 e. The van der Waals surface area contributed by atoms with Crippen LogP contribution in [0.2, 0.25) is 0 Å². The normalized spacial score (nSPS) is 13.7. The summed E-state index contributed by atoms with van der Waals surface area (Å²) in [4.78, 5) is 11.9. The lowest BCUT2D eigenvalue weighted by molar-refractivity contribution is -0.149. The van der Waals surface area contributed by atoms with E-state index in [2.05, 4.69) is 20.8 Å². The molecule has 0 aromatic rings. The van der Waals surface area contributed by atoms with Crippen LogP contribution in [0.4, 0.5) is 0 Å². The quantitative estimate of drug-likeness (QED) is 0.295. The molecule has 23 heavy (non-hydrogen) atoms. The number of unbranched alkanes of at least 4 members (excludes halogenated alkanes) is 7. The van der Waals surface area contributed by atoms with Gasteiger partial charge in [0.05, 0.1) is 0 Å². The van der Waals surface area contributed by atoms with Crippen LogP contribution in [0.5, 0.6) is 0 Å². The molecule has 0 aromatic carbocycles. The molecule has 0 spiro atoms. The highest BCUT2D eigenvalue weighted by Gasteiger charge is 2.12. The molecule has 3 heteroatoms. The number of carbonyl (C=O) groups excluding carboxylic acids is 1. The van der Waals surface area contributed by atoms with Gasteiger partial charge in [0, 0.05) is 13.0 Å². The standard InChI is InChI=1S/C20H40O3/c1-4-6-7-8-9-12-15-19(5-2)23-20(22)16-13-10-11-14-18(3)17-21/h18-19,21H,4-17H2,1-3H3. The van der Waals surface area contributed by atoms with Crippen molar-refractivity contribution in [3.63, 3.8) is 0 Å². The molecule has 0 aliphatic carbocycles. The minimum atomic E-state index is -0.0296. The van der Waals surface area contributed by atoms with Gasteiger partial charge in [-0.1, -0.05) is 65.7 Å². The van der Waals surface area contributed by atoms with Gasteiger partial charge in [-0.3, -0.25) is 4.79 Å². The summed E-state index contributed by atoms with van der Waals surface area (Å²) >= 11 is 0. The van der Waals surface area contributed by atoms with Gasteiger partial charge in [0.25, 0.3) is 0 Å². The van der Waals surface area contributed by atoms with Gasteiger partial charge in [0.1, 0.15) is 6.10 Å². The van der Waals surface area contributed by atoms with E-state index < -0.39 is 0 Å². The van der Waals surface area contributed by atoms with Gasteiger partial charge in [0.2, 0.25) is 0 Å². The molecule has 0 saturated heterocycles. The van der Waals surface area contributed by atoms with Gasteiger partial charge in [0.15, 0.2) is 0 Å². The van der Waals surface area contributed by atoms with Crippen molar-refractivity contribution in [3.8, 4) is 0 Å². The van der Waals surface area contributed by atoms with E-state index in [1.165, 1.54) is 38.5 Å². The molecule has 138 valence electrons. The zero-order valence-electron chi connectivity index (χ0n) is 15.8. The highest BCUT2D eigenvalue weighted by atomic mass is 16.5. The Bertz CT molecular complexity index is 266. The predicted octanol–water partition coefficient (Wildman–Crippen LogP) is 5.64. The molecule has 0 aromatic heterocycles. The van der Waals surface area contributed by atoms with Gasteiger partial charge in [-0.15, -0.1) is 0 Å². The van der Waals surface area contributed by atoms with E-state index in [-0.39, 0.29) is 18.7 Å². The van der Waals surface area contributed by atoms with Crippen LogP contribution in [0, 0.1) is 5.92 Å². The van der Waals surface area contributed by atoms with E-state index in [1.54, 1.807) is 0 Å².